The number of nitrogens with one attached hydrogen (secondary N) is 1. The number of carboxylic acid groups (broad SMARTS) is 1. The Hall–Kier alpha value is -1.92. The van der Waals surface area contributed by atoms with Gasteiger partial charge in [0.05, 0.1) is 12.7 Å². The van der Waals surface area contributed by atoms with Gasteiger partial charge in [-0.05, 0) is 0 Å². The third kappa shape index (κ3) is 3.68. The van der Waals surface area contributed by atoms with Crippen molar-refractivity contribution in [3.8, 4) is 0 Å². The highest BCUT2D eigenvalue weighted by molar-refractivity contribution is 5.77. The van der Waals surface area contributed by atoms with E-state index in [0.717, 1.165) is 0 Å². The predicted octanol–water partition coefficient (Wildman–Crippen LogP) is -0.365. The number of nitrogens with zero attached hydrogens (tertiary/aromatic N) is 3. The van der Waals surface area contributed by atoms with Crippen molar-refractivity contribution in [3.63, 3.8) is 0 Å². The summed E-state index contributed by atoms with van der Waals surface area (Å²) < 4.78 is 1.21. The third-order valence-electron chi connectivity index (χ3n) is 1.85. The second kappa shape index (κ2) is 5.24. The fourth-order valence-corrected chi connectivity index (χ4v) is 1.02. The fourth-order valence-electron chi connectivity index (χ4n) is 1.02. The summed E-state index contributed by atoms with van der Waals surface area (Å²) in [5, 5.41) is 18.5. The molecule has 0 bridgehead atoms. The van der Waals surface area contributed by atoms with Gasteiger partial charge in [0, 0.05) is 5.92 Å². The van der Waals surface area contributed by atoms with E-state index < -0.39 is 5.97 Å². The van der Waals surface area contributed by atoms with Gasteiger partial charge >= 0.3 is 5.97 Å². The van der Waals surface area contributed by atoms with Crippen LogP contribution in [0.4, 0.5) is 0 Å². The predicted molar refractivity (Wildman–Crippen MR) is 54.3 cm³/mol. The maximum atomic E-state index is 11.2. The number of carbonyl (C=O) groups excluding carboxylic acids is 1. The third-order valence-corrected chi connectivity index (χ3v) is 1.85. The number of hydrogen-bond donors (Lipinski definition) is 2. The number of carboxylic acids is 1. The van der Waals surface area contributed by atoms with Crippen LogP contribution in [0, 0.1) is 5.92 Å². The summed E-state index contributed by atoms with van der Waals surface area (Å²) >= 11 is 0. The van der Waals surface area contributed by atoms with Gasteiger partial charge in [-0.25, -0.2) is 4.68 Å². The van der Waals surface area contributed by atoms with Crippen molar-refractivity contribution in [1.82, 2.24) is 20.3 Å². The van der Waals surface area contributed by atoms with Gasteiger partial charge < -0.3 is 10.4 Å². The molecule has 88 valence electrons. The van der Waals surface area contributed by atoms with E-state index >= 15 is 0 Å². The molecule has 0 aliphatic carbocycles. The van der Waals surface area contributed by atoms with Crippen molar-refractivity contribution in [2.75, 3.05) is 0 Å². The Morgan fingerprint density at radius 1 is 1.56 bits per heavy atom. The molecule has 0 fully saturated rings. The Bertz CT molecular complexity index is 386. The maximum Gasteiger partial charge on any atom is 0.325 e. The molecule has 16 heavy (non-hydrogen) atoms. The first-order valence-corrected chi connectivity index (χ1v) is 4.87. The molecule has 0 radical (unpaired) electrons. The Morgan fingerprint density at radius 3 is 2.81 bits per heavy atom. The van der Waals surface area contributed by atoms with Crippen LogP contribution in [0.15, 0.2) is 6.20 Å². The second-order valence-corrected chi connectivity index (χ2v) is 3.67. The normalized spacial score (nSPS) is 10.4. The summed E-state index contributed by atoms with van der Waals surface area (Å²) in [6.45, 7) is 3.61. The maximum absolute atomic E-state index is 11.2. The molecule has 1 rings (SSSR count). The van der Waals surface area contributed by atoms with Gasteiger partial charge in [0.1, 0.15) is 12.2 Å². The van der Waals surface area contributed by atoms with Crippen LogP contribution in [-0.2, 0) is 22.7 Å². The summed E-state index contributed by atoms with van der Waals surface area (Å²) in [6, 6.07) is 0. The molecule has 1 amide bonds. The Balaban J connectivity index is 2.46. The van der Waals surface area contributed by atoms with Crippen molar-refractivity contribution in [2.45, 2.75) is 26.9 Å². The minimum atomic E-state index is -0.984. The van der Waals surface area contributed by atoms with Crippen LogP contribution in [0.5, 0.6) is 0 Å². The molecule has 0 aliphatic heterocycles. The van der Waals surface area contributed by atoms with Gasteiger partial charge in [-0.3, -0.25) is 9.59 Å². The molecule has 7 nitrogen and oxygen atoms in total. The number of amides is 1. The summed E-state index contributed by atoms with van der Waals surface area (Å²) in [7, 11) is 0. The minimum absolute atomic E-state index is 0.0761. The Kier molecular flexibility index (Phi) is 3.98. The Labute approximate surface area is 92.4 Å². The summed E-state index contributed by atoms with van der Waals surface area (Å²) in [5.41, 5.74) is 0.537. The number of carbonyl (C=O) groups is 2. The minimum Gasteiger partial charge on any atom is -0.480 e. The van der Waals surface area contributed by atoms with Crippen molar-refractivity contribution in [2.24, 2.45) is 5.92 Å². The molecule has 0 saturated heterocycles. The molecule has 1 heterocycles. The first-order valence-electron chi connectivity index (χ1n) is 4.87. The molecule has 0 aliphatic rings. The number of aliphatic carboxylic acids is 1. The zero-order valence-corrected chi connectivity index (χ0v) is 9.17. The number of hydrogen-bond acceptors (Lipinski definition) is 4. The quantitative estimate of drug-likeness (QED) is 0.714. The molecular weight excluding hydrogens is 212 g/mol. The van der Waals surface area contributed by atoms with Gasteiger partial charge in [0.2, 0.25) is 5.91 Å². The van der Waals surface area contributed by atoms with Crippen molar-refractivity contribution >= 4 is 11.9 Å². The molecule has 0 saturated carbocycles. The van der Waals surface area contributed by atoms with Crippen LogP contribution in [0.2, 0.25) is 0 Å². The highest BCUT2D eigenvalue weighted by atomic mass is 16.4. The molecule has 0 unspecified atom stereocenters. The van der Waals surface area contributed by atoms with Crippen LogP contribution < -0.4 is 5.32 Å². The standard InChI is InChI=1S/C9H14N4O3/c1-6(2)9(16)10-3-7-4-13(12-11-7)5-8(14)15/h4,6H,3,5H2,1-2H3,(H,10,16)(H,14,15). The van der Waals surface area contributed by atoms with Gasteiger partial charge in [0.15, 0.2) is 0 Å². The van der Waals surface area contributed by atoms with E-state index in [-0.39, 0.29) is 24.9 Å². The van der Waals surface area contributed by atoms with Crippen molar-refractivity contribution in [1.29, 1.82) is 0 Å². The van der Waals surface area contributed by atoms with Crippen LogP contribution >= 0.6 is 0 Å². The average molecular weight is 226 g/mol. The van der Waals surface area contributed by atoms with E-state index in [1.54, 1.807) is 13.8 Å². The first kappa shape index (κ1) is 12.2. The van der Waals surface area contributed by atoms with E-state index in [1.807, 2.05) is 0 Å². The largest absolute Gasteiger partial charge is 0.480 e. The van der Waals surface area contributed by atoms with Gasteiger partial charge in [-0.15, -0.1) is 5.10 Å². The monoisotopic (exact) mass is 226 g/mol. The molecule has 7 heteroatoms. The zero-order valence-electron chi connectivity index (χ0n) is 9.17. The summed E-state index contributed by atoms with van der Waals surface area (Å²) in [6.07, 6.45) is 1.49. The molecule has 2 N–H and O–H groups in total. The summed E-state index contributed by atoms with van der Waals surface area (Å²) in [5.74, 6) is -1.15. The van der Waals surface area contributed by atoms with E-state index in [9.17, 15) is 9.59 Å². The Morgan fingerprint density at radius 2 is 2.25 bits per heavy atom. The van der Waals surface area contributed by atoms with Crippen LogP contribution in [0.25, 0.3) is 0 Å². The van der Waals surface area contributed by atoms with Gasteiger partial charge in [-0.2, -0.15) is 0 Å². The molecule has 1 aromatic heterocycles. The van der Waals surface area contributed by atoms with Crippen LogP contribution in [0.3, 0.4) is 0 Å². The number of aromatic nitrogens is 3. The van der Waals surface area contributed by atoms with Crippen LogP contribution in [-0.4, -0.2) is 32.0 Å². The number of rotatable bonds is 5. The topological polar surface area (TPSA) is 97.1 Å². The van der Waals surface area contributed by atoms with Gasteiger partial charge in [-0.1, -0.05) is 19.1 Å². The average Bonchev–Trinajstić information content (AvgIpc) is 2.60. The van der Waals surface area contributed by atoms with E-state index in [4.69, 9.17) is 5.11 Å². The lowest BCUT2D eigenvalue weighted by Crippen LogP contribution is -2.27. The van der Waals surface area contributed by atoms with E-state index in [2.05, 4.69) is 15.6 Å². The molecular formula is C9H14N4O3. The highest BCUT2D eigenvalue weighted by Gasteiger charge is 2.08. The van der Waals surface area contributed by atoms with Crippen LogP contribution in [0.1, 0.15) is 19.5 Å². The highest BCUT2D eigenvalue weighted by Crippen LogP contribution is 1.95. The van der Waals surface area contributed by atoms with Crippen molar-refractivity contribution < 1.29 is 14.7 Å². The smallest absolute Gasteiger partial charge is 0.325 e. The van der Waals surface area contributed by atoms with E-state index in [1.165, 1.54) is 10.9 Å². The van der Waals surface area contributed by atoms with Crippen molar-refractivity contribution in [3.05, 3.63) is 11.9 Å². The zero-order chi connectivity index (χ0) is 12.1. The second-order valence-electron chi connectivity index (χ2n) is 3.67. The molecule has 1 aromatic rings. The molecule has 0 aromatic carbocycles. The fraction of sp³-hybridized carbons (Fsp3) is 0.556. The van der Waals surface area contributed by atoms with Gasteiger partial charge in [0.25, 0.3) is 0 Å². The lowest BCUT2D eigenvalue weighted by atomic mass is 10.2. The summed E-state index contributed by atoms with van der Waals surface area (Å²) in [4.78, 5) is 21.6. The molecule has 0 atom stereocenters. The first-order chi connectivity index (χ1) is 7.49. The lowest BCUT2D eigenvalue weighted by Gasteiger charge is -2.04. The van der Waals surface area contributed by atoms with E-state index in [0.29, 0.717) is 5.69 Å². The lowest BCUT2D eigenvalue weighted by molar-refractivity contribution is -0.138. The SMILES string of the molecule is CC(C)C(=O)NCc1cn(CC(=O)O)nn1. The molecule has 0 spiro atoms.